The van der Waals surface area contributed by atoms with Gasteiger partial charge < -0.3 is 5.11 Å². The van der Waals surface area contributed by atoms with Crippen molar-refractivity contribution in [3.63, 3.8) is 0 Å². The molecule has 2 nitrogen and oxygen atoms in total. The Kier molecular flexibility index (Phi) is 4.25. The van der Waals surface area contributed by atoms with Gasteiger partial charge in [-0.1, -0.05) is 43.7 Å². The average Bonchev–Trinajstić information content (AvgIpc) is 2.28. The van der Waals surface area contributed by atoms with E-state index in [1.807, 2.05) is 45.0 Å². The molecule has 0 aliphatic heterocycles. The van der Waals surface area contributed by atoms with Crippen LogP contribution in [-0.4, -0.2) is 16.5 Å². The third-order valence-electron chi connectivity index (χ3n) is 3.14. The van der Waals surface area contributed by atoms with Crippen molar-refractivity contribution in [1.82, 2.24) is 0 Å². The zero-order chi connectivity index (χ0) is 12.2. The molecule has 2 heteroatoms. The highest BCUT2D eigenvalue weighted by Crippen LogP contribution is 2.18. The number of hydrogen-bond donors (Lipinski definition) is 1. The summed E-state index contributed by atoms with van der Waals surface area (Å²) in [4.78, 5) is 12.0. The van der Waals surface area contributed by atoms with Crippen LogP contribution in [0.15, 0.2) is 24.3 Å². The van der Waals surface area contributed by atoms with Crippen LogP contribution in [0, 0.1) is 6.92 Å². The van der Waals surface area contributed by atoms with E-state index < -0.39 is 5.60 Å². The first-order valence-electron chi connectivity index (χ1n) is 5.83. The number of carbonyl (C=O) groups is 1. The lowest BCUT2D eigenvalue weighted by Gasteiger charge is -2.23. The van der Waals surface area contributed by atoms with Gasteiger partial charge in [-0.25, -0.2) is 0 Å². The predicted octanol–water partition coefficient (Wildman–Crippen LogP) is 2.66. The van der Waals surface area contributed by atoms with Gasteiger partial charge in [0.25, 0.3) is 0 Å². The predicted molar refractivity (Wildman–Crippen MR) is 65.4 cm³/mol. The number of hydrogen-bond acceptors (Lipinski definition) is 2. The molecule has 0 spiro atoms. The largest absolute Gasteiger partial charge is 0.382 e. The van der Waals surface area contributed by atoms with E-state index in [9.17, 15) is 9.90 Å². The molecule has 0 heterocycles. The molecule has 0 aliphatic carbocycles. The molecule has 0 saturated heterocycles. The maximum absolute atomic E-state index is 12.0. The van der Waals surface area contributed by atoms with Crippen LogP contribution in [0.25, 0.3) is 0 Å². The molecule has 0 amide bonds. The Balaban J connectivity index is 2.78. The second-order valence-corrected chi connectivity index (χ2v) is 4.33. The van der Waals surface area contributed by atoms with Crippen LogP contribution < -0.4 is 0 Å². The highest BCUT2D eigenvalue weighted by atomic mass is 16.3. The molecule has 88 valence electrons. The van der Waals surface area contributed by atoms with Crippen molar-refractivity contribution in [1.29, 1.82) is 0 Å². The van der Waals surface area contributed by atoms with Crippen molar-refractivity contribution in [2.45, 2.75) is 45.6 Å². The van der Waals surface area contributed by atoms with Gasteiger partial charge in [0.1, 0.15) is 5.60 Å². The van der Waals surface area contributed by atoms with Crippen LogP contribution in [0.4, 0.5) is 0 Å². The first-order valence-corrected chi connectivity index (χ1v) is 5.83. The standard InChI is InChI=1S/C14H20O2/c1-4-14(16,5-2)13(15)10-12-8-6-7-11(3)9-12/h6-9,16H,4-5,10H2,1-3H3. The number of benzene rings is 1. The number of rotatable bonds is 5. The maximum atomic E-state index is 12.0. The molecule has 0 radical (unpaired) electrons. The van der Waals surface area contributed by atoms with Gasteiger partial charge in [0.15, 0.2) is 5.78 Å². The Morgan fingerprint density at radius 1 is 1.31 bits per heavy atom. The van der Waals surface area contributed by atoms with Crippen molar-refractivity contribution in [3.8, 4) is 0 Å². The van der Waals surface area contributed by atoms with Gasteiger partial charge in [-0.15, -0.1) is 0 Å². The summed E-state index contributed by atoms with van der Waals surface area (Å²) in [5.74, 6) is -0.0805. The minimum absolute atomic E-state index is 0.0805. The molecule has 0 saturated carbocycles. The smallest absolute Gasteiger partial charge is 0.168 e. The molecule has 0 aromatic heterocycles. The Bertz CT molecular complexity index is 365. The fourth-order valence-corrected chi connectivity index (χ4v) is 1.82. The van der Waals surface area contributed by atoms with Crippen molar-refractivity contribution in [2.24, 2.45) is 0 Å². The van der Waals surface area contributed by atoms with Crippen molar-refractivity contribution >= 4 is 5.78 Å². The lowest BCUT2D eigenvalue weighted by atomic mass is 9.88. The van der Waals surface area contributed by atoms with Gasteiger partial charge in [0.05, 0.1) is 0 Å². The van der Waals surface area contributed by atoms with Gasteiger partial charge in [0.2, 0.25) is 0 Å². The van der Waals surface area contributed by atoms with Crippen LogP contribution in [-0.2, 0) is 11.2 Å². The van der Waals surface area contributed by atoms with Gasteiger partial charge >= 0.3 is 0 Å². The fraction of sp³-hybridized carbons (Fsp3) is 0.500. The monoisotopic (exact) mass is 220 g/mol. The Hall–Kier alpha value is -1.15. The zero-order valence-corrected chi connectivity index (χ0v) is 10.3. The molecule has 16 heavy (non-hydrogen) atoms. The molecule has 0 unspecified atom stereocenters. The van der Waals surface area contributed by atoms with E-state index in [-0.39, 0.29) is 5.78 Å². The second-order valence-electron chi connectivity index (χ2n) is 4.33. The van der Waals surface area contributed by atoms with Crippen LogP contribution in [0.2, 0.25) is 0 Å². The third kappa shape index (κ3) is 2.92. The normalized spacial score (nSPS) is 11.5. The number of aryl methyl sites for hydroxylation is 1. The molecular weight excluding hydrogens is 200 g/mol. The third-order valence-corrected chi connectivity index (χ3v) is 3.14. The van der Waals surface area contributed by atoms with E-state index in [2.05, 4.69) is 0 Å². The van der Waals surface area contributed by atoms with Crippen molar-refractivity contribution < 1.29 is 9.90 Å². The minimum Gasteiger partial charge on any atom is -0.382 e. The SMILES string of the molecule is CCC(O)(CC)C(=O)Cc1cccc(C)c1. The molecule has 1 aromatic carbocycles. The van der Waals surface area contributed by atoms with E-state index in [0.717, 1.165) is 11.1 Å². The molecule has 0 fully saturated rings. The number of ketones is 1. The van der Waals surface area contributed by atoms with Crippen LogP contribution in [0.1, 0.15) is 37.8 Å². The highest BCUT2D eigenvalue weighted by molar-refractivity contribution is 5.88. The first-order chi connectivity index (χ1) is 7.51. The Labute approximate surface area is 97.3 Å². The molecule has 1 N–H and O–H groups in total. The summed E-state index contributed by atoms with van der Waals surface area (Å²) in [6, 6.07) is 7.86. The summed E-state index contributed by atoms with van der Waals surface area (Å²) in [6.07, 6.45) is 1.28. The van der Waals surface area contributed by atoms with E-state index in [4.69, 9.17) is 0 Å². The quantitative estimate of drug-likeness (QED) is 0.828. The lowest BCUT2D eigenvalue weighted by Crippen LogP contribution is -2.38. The second kappa shape index (κ2) is 5.26. The zero-order valence-electron chi connectivity index (χ0n) is 10.3. The summed E-state index contributed by atoms with van der Waals surface area (Å²) in [5.41, 5.74) is 0.969. The summed E-state index contributed by atoms with van der Waals surface area (Å²) in [7, 11) is 0. The van der Waals surface area contributed by atoms with Crippen LogP contribution in [0.3, 0.4) is 0 Å². The molecular formula is C14H20O2. The summed E-state index contributed by atoms with van der Waals surface area (Å²) in [6.45, 7) is 5.69. The summed E-state index contributed by atoms with van der Waals surface area (Å²) >= 11 is 0. The van der Waals surface area contributed by atoms with Crippen molar-refractivity contribution in [3.05, 3.63) is 35.4 Å². The fourth-order valence-electron chi connectivity index (χ4n) is 1.82. The molecule has 1 aromatic rings. The number of Topliss-reactive ketones (excluding diaryl/α,β-unsaturated/α-hetero) is 1. The van der Waals surface area contributed by atoms with E-state index in [1.54, 1.807) is 0 Å². The van der Waals surface area contributed by atoms with Gasteiger partial charge in [-0.2, -0.15) is 0 Å². The topological polar surface area (TPSA) is 37.3 Å². The Morgan fingerprint density at radius 3 is 2.44 bits per heavy atom. The average molecular weight is 220 g/mol. The first kappa shape index (κ1) is 12.9. The van der Waals surface area contributed by atoms with Crippen LogP contribution in [0.5, 0.6) is 0 Å². The van der Waals surface area contributed by atoms with Crippen LogP contribution >= 0.6 is 0 Å². The highest BCUT2D eigenvalue weighted by Gasteiger charge is 2.31. The van der Waals surface area contributed by atoms with E-state index in [0.29, 0.717) is 19.3 Å². The summed E-state index contributed by atoms with van der Waals surface area (Å²) in [5, 5.41) is 10.1. The van der Waals surface area contributed by atoms with Gasteiger partial charge in [-0.05, 0) is 25.3 Å². The van der Waals surface area contributed by atoms with Gasteiger partial charge in [0, 0.05) is 6.42 Å². The molecule has 1 rings (SSSR count). The van der Waals surface area contributed by atoms with E-state index >= 15 is 0 Å². The number of aliphatic hydroxyl groups is 1. The number of carbonyl (C=O) groups excluding carboxylic acids is 1. The van der Waals surface area contributed by atoms with E-state index in [1.165, 1.54) is 0 Å². The summed E-state index contributed by atoms with van der Waals surface area (Å²) < 4.78 is 0. The molecule has 0 atom stereocenters. The lowest BCUT2D eigenvalue weighted by molar-refractivity contribution is -0.137. The van der Waals surface area contributed by atoms with Crippen molar-refractivity contribution in [2.75, 3.05) is 0 Å². The molecule has 0 bridgehead atoms. The maximum Gasteiger partial charge on any atom is 0.168 e. The Morgan fingerprint density at radius 2 is 1.94 bits per heavy atom. The van der Waals surface area contributed by atoms with Gasteiger partial charge in [-0.3, -0.25) is 4.79 Å². The molecule has 0 aliphatic rings. The minimum atomic E-state index is -1.15.